The number of H-pyrrole nitrogens is 1. The molecule has 2 aliphatic rings. The molecule has 1 N–H and O–H groups in total. The fraction of sp³-hybridized carbons (Fsp3) is 0.500. The molecule has 0 aliphatic carbocycles. The standard InChI is InChI=1S/C30H40N4O/c1-4-14-32-17-19-34(20-18-32)30(35)29-26(25-10-5-6-11-27(25)31-29)21-33-15-12-24(13-16-33)28-22(2)8-7-9-23(28)3/h5-11,24,31H,4,12-21H2,1-3H3. The van der Waals surface area contributed by atoms with Crippen LogP contribution in [0.15, 0.2) is 42.5 Å². The molecule has 1 aromatic heterocycles. The molecule has 5 rings (SSSR count). The number of aromatic amines is 1. The third-order valence-corrected chi connectivity index (χ3v) is 8.15. The predicted molar refractivity (Wildman–Crippen MR) is 144 cm³/mol. The Morgan fingerprint density at radius 3 is 2.26 bits per heavy atom. The highest BCUT2D eigenvalue weighted by molar-refractivity contribution is 6.01. The van der Waals surface area contributed by atoms with E-state index in [9.17, 15) is 4.79 Å². The van der Waals surface area contributed by atoms with Crippen LogP contribution in [0.5, 0.6) is 0 Å². The number of piperidine rings is 1. The number of fused-ring (bicyclic) bond motifs is 1. The topological polar surface area (TPSA) is 42.6 Å². The first-order valence-electron chi connectivity index (χ1n) is 13.4. The molecule has 0 unspecified atom stereocenters. The molecule has 2 fully saturated rings. The Labute approximate surface area is 210 Å². The van der Waals surface area contributed by atoms with Gasteiger partial charge in [-0.3, -0.25) is 14.6 Å². The highest BCUT2D eigenvalue weighted by Gasteiger charge is 2.28. The molecule has 0 spiro atoms. The van der Waals surface area contributed by atoms with Crippen LogP contribution in [0.1, 0.15) is 64.8 Å². The van der Waals surface area contributed by atoms with Gasteiger partial charge in [0.05, 0.1) is 0 Å². The quantitative estimate of drug-likeness (QED) is 0.527. The number of para-hydroxylation sites is 1. The zero-order valence-electron chi connectivity index (χ0n) is 21.6. The molecular weight excluding hydrogens is 432 g/mol. The lowest BCUT2D eigenvalue weighted by molar-refractivity contribution is 0.0630. The van der Waals surface area contributed by atoms with Gasteiger partial charge in [-0.25, -0.2) is 0 Å². The smallest absolute Gasteiger partial charge is 0.270 e. The Morgan fingerprint density at radius 1 is 0.886 bits per heavy atom. The average molecular weight is 473 g/mol. The van der Waals surface area contributed by atoms with Crippen LogP contribution >= 0.6 is 0 Å². The molecule has 1 amide bonds. The molecule has 2 aliphatic heterocycles. The average Bonchev–Trinajstić information content (AvgIpc) is 3.23. The summed E-state index contributed by atoms with van der Waals surface area (Å²) in [4.78, 5) is 24.2. The van der Waals surface area contributed by atoms with Gasteiger partial charge in [0.2, 0.25) is 0 Å². The summed E-state index contributed by atoms with van der Waals surface area (Å²) in [7, 11) is 0. The van der Waals surface area contributed by atoms with Gasteiger partial charge in [-0.15, -0.1) is 0 Å². The van der Waals surface area contributed by atoms with Crippen molar-refractivity contribution in [3.63, 3.8) is 0 Å². The number of rotatable bonds is 6. The number of carbonyl (C=O) groups excluding carboxylic acids is 1. The Kier molecular flexibility index (Phi) is 7.26. The molecule has 2 aromatic carbocycles. The van der Waals surface area contributed by atoms with E-state index in [-0.39, 0.29) is 5.91 Å². The number of aryl methyl sites for hydroxylation is 2. The van der Waals surface area contributed by atoms with Gasteiger partial charge in [0, 0.05) is 49.2 Å². The Morgan fingerprint density at radius 2 is 1.57 bits per heavy atom. The number of likely N-dealkylation sites (tertiary alicyclic amines) is 1. The van der Waals surface area contributed by atoms with Crippen LogP contribution in [-0.2, 0) is 6.54 Å². The normalized spacial score (nSPS) is 18.4. The van der Waals surface area contributed by atoms with Gasteiger partial charge in [-0.05, 0) is 81.4 Å². The number of nitrogens with zero attached hydrogens (tertiary/aromatic N) is 3. The lowest BCUT2D eigenvalue weighted by Crippen LogP contribution is -2.49. The van der Waals surface area contributed by atoms with E-state index in [4.69, 9.17) is 0 Å². The van der Waals surface area contributed by atoms with Gasteiger partial charge in [0.25, 0.3) is 5.91 Å². The maximum Gasteiger partial charge on any atom is 0.270 e. The highest BCUT2D eigenvalue weighted by atomic mass is 16.2. The number of benzene rings is 2. The van der Waals surface area contributed by atoms with Crippen molar-refractivity contribution in [1.29, 1.82) is 0 Å². The van der Waals surface area contributed by atoms with Crippen molar-refractivity contribution < 1.29 is 4.79 Å². The lowest BCUT2D eigenvalue weighted by atomic mass is 9.84. The molecule has 0 radical (unpaired) electrons. The molecule has 0 bridgehead atoms. The fourth-order valence-corrected chi connectivity index (χ4v) is 6.27. The summed E-state index contributed by atoms with van der Waals surface area (Å²) in [6.07, 6.45) is 3.52. The molecule has 3 aromatic rings. The van der Waals surface area contributed by atoms with Crippen LogP contribution in [0, 0.1) is 13.8 Å². The van der Waals surface area contributed by atoms with Crippen molar-refractivity contribution in [3.05, 3.63) is 70.4 Å². The van der Waals surface area contributed by atoms with E-state index in [0.717, 1.165) is 63.6 Å². The summed E-state index contributed by atoms with van der Waals surface area (Å²) < 4.78 is 0. The van der Waals surface area contributed by atoms with Gasteiger partial charge in [0.1, 0.15) is 5.69 Å². The maximum absolute atomic E-state index is 13.7. The third kappa shape index (κ3) is 5.03. The van der Waals surface area contributed by atoms with Gasteiger partial charge in [-0.2, -0.15) is 0 Å². The molecule has 0 atom stereocenters. The first kappa shape index (κ1) is 24.1. The van der Waals surface area contributed by atoms with E-state index < -0.39 is 0 Å². The summed E-state index contributed by atoms with van der Waals surface area (Å²) in [6.45, 7) is 14.4. The zero-order valence-corrected chi connectivity index (χ0v) is 21.6. The van der Waals surface area contributed by atoms with Crippen LogP contribution in [-0.4, -0.2) is 71.4 Å². The van der Waals surface area contributed by atoms with Crippen molar-refractivity contribution >= 4 is 16.8 Å². The van der Waals surface area contributed by atoms with Crippen LogP contribution in [0.3, 0.4) is 0 Å². The Bertz CT molecular complexity index is 1150. The maximum atomic E-state index is 13.7. The zero-order chi connectivity index (χ0) is 24.4. The number of aromatic nitrogens is 1. The SMILES string of the molecule is CCCN1CCN(C(=O)c2[nH]c3ccccc3c2CN2CCC(c3c(C)cccc3C)CC2)CC1. The van der Waals surface area contributed by atoms with Crippen molar-refractivity contribution in [1.82, 2.24) is 19.7 Å². The first-order chi connectivity index (χ1) is 17.0. The lowest BCUT2D eigenvalue weighted by Gasteiger charge is -2.35. The van der Waals surface area contributed by atoms with E-state index in [0.29, 0.717) is 5.92 Å². The predicted octanol–water partition coefficient (Wildman–Crippen LogP) is 5.33. The summed E-state index contributed by atoms with van der Waals surface area (Å²) >= 11 is 0. The van der Waals surface area contributed by atoms with Crippen LogP contribution in [0.25, 0.3) is 10.9 Å². The van der Waals surface area contributed by atoms with E-state index in [1.165, 1.54) is 41.3 Å². The van der Waals surface area contributed by atoms with Crippen molar-refractivity contribution in [2.45, 2.75) is 52.5 Å². The summed E-state index contributed by atoms with van der Waals surface area (Å²) in [5.41, 5.74) is 7.44. The Balaban J connectivity index is 1.32. The highest BCUT2D eigenvalue weighted by Crippen LogP contribution is 2.34. The van der Waals surface area contributed by atoms with E-state index in [1.54, 1.807) is 5.56 Å². The largest absolute Gasteiger partial charge is 0.350 e. The molecule has 3 heterocycles. The summed E-state index contributed by atoms with van der Waals surface area (Å²) in [6, 6.07) is 15.1. The van der Waals surface area contributed by atoms with Crippen molar-refractivity contribution in [2.24, 2.45) is 0 Å². The monoisotopic (exact) mass is 472 g/mol. The fourth-order valence-electron chi connectivity index (χ4n) is 6.27. The Hall–Kier alpha value is -2.63. The molecule has 5 nitrogen and oxygen atoms in total. The van der Waals surface area contributed by atoms with Gasteiger partial charge >= 0.3 is 0 Å². The minimum absolute atomic E-state index is 0.165. The molecule has 5 heteroatoms. The molecule has 0 saturated carbocycles. The number of amides is 1. The minimum Gasteiger partial charge on any atom is -0.350 e. The number of nitrogens with one attached hydrogen (secondary N) is 1. The number of carbonyl (C=O) groups is 1. The second-order valence-electron chi connectivity index (χ2n) is 10.5. The van der Waals surface area contributed by atoms with Crippen LogP contribution in [0.2, 0.25) is 0 Å². The van der Waals surface area contributed by atoms with Crippen LogP contribution in [0.4, 0.5) is 0 Å². The van der Waals surface area contributed by atoms with Crippen molar-refractivity contribution in [2.75, 3.05) is 45.8 Å². The number of hydrogen-bond donors (Lipinski definition) is 1. The third-order valence-electron chi connectivity index (χ3n) is 8.15. The van der Waals surface area contributed by atoms with Gasteiger partial charge in [-0.1, -0.05) is 43.3 Å². The van der Waals surface area contributed by atoms with Gasteiger partial charge in [0.15, 0.2) is 0 Å². The summed E-state index contributed by atoms with van der Waals surface area (Å²) in [5.74, 6) is 0.800. The molecular formula is C30H40N4O. The second kappa shape index (κ2) is 10.5. The molecule has 35 heavy (non-hydrogen) atoms. The minimum atomic E-state index is 0.165. The number of piperazine rings is 1. The molecule has 2 saturated heterocycles. The van der Waals surface area contributed by atoms with E-state index in [2.05, 4.69) is 78.0 Å². The van der Waals surface area contributed by atoms with Crippen LogP contribution < -0.4 is 0 Å². The van der Waals surface area contributed by atoms with E-state index in [1.807, 2.05) is 4.90 Å². The molecule has 186 valence electrons. The second-order valence-corrected chi connectivity index (χ2v) is 10.5. The first-order valence-corrected chi connectivity index (χ1v) is 13.4. The summed E-state index contributed by atoms with van der Waals surface area (Å²) in [5, 5.41) is 1.19. The number of hydrogen-bond acceptors (Lipinski definition) is 3. The van der Waals surface area contributed by atoms with Crippen molar-refractivity contribution in [3.8, 4) is 0 Å². The van der Waals surface area contributed by atoms with E-state index >= 15 is 0 Å². The van der Waals surface area contributed by atoms with Gasteiger partial charge < -0.3 is 9.88 Å².